The minimum absolute atomic E-state index is 0.0746. The van der Waals surface area contributed by atoms with Crippen molar-refractivity contribution in [1.29, 1.82) is 0 Å². The van der Waals surface area contributed by atoms with Crippen molar-refractivity contribution >= 4 is 21.9 Å². The zero-order valence-electron chi connectivity index (χ0n) is 14.5. The monoisotopic (exact) mass is 364 g/mol. The van der Waals surface area contributed by atoms with Crippen LogP contribution >= 0.6 is 0 Å². The molecule has 0 aromatic rings. The summed E-state index contributed by atoms with van der Waals surface area (Å²) in [4.78, 5) is 23.4. The quantitative estimate of drug-likeness (QED) is 0.499. The average molecular weight is 364 g/mol. The summed E-state index contributed by atoms with van der Waals surface area (Å²) in [6, 6.07) is 0. The standard InChI is InChI=1S/C15H24O8S/c1-8(16)6-9-10(7-11(17)20-4)13(23-24(5,18)19)14-12(9)21-15(2,3)22-14/h9-10,12-14H,6-7H2,1-5H3/t9-,10+,12+,13-,14+/m1/s1. The Morgan fingerprint density at radius 3 is 2.17 bits per heavy atom. The highest BCUT2D eigenvalue weighted by Crippen LogP contribution is 2.49. The predicted octanol–water partition coefficient (Wildman–Crippen LogP) is 0.640. The Labute approximate surface area is 141 Å². The third-order valence-corrected chi connectivity index (χ3v) is 4.89. The summed E-state index contributed by atoms with van der Waals surface area (Å²) >= 11 is 0. The number of ketones is 1. The lowest BCUT2D eigenvalue weighted by Crippen LogP contribution is -2.37. The Morgan fingerprint density at radius 1 is 1.08 bits per heavy atom. The maximum Gasteiger partial charge on any atom is 0.305 e. The molecule has 1 heterocycles. The van der Waals surface area contributed by atoms with Gasteiger partial charge in [-0.2, -0.15) is 8.42 Å². The second-order valence-electron chi connectivity index (χ2n) is 6.84. The van der Waals surface area contributed by atoms with E-state index < -0.39 is 46.1 Å². The van der Waals surface area contributed by atoms with Crippen LogP contribution in [0.4, 0.5) is 0 Å². The van der Waals surface area contributed by atoms with E-state index in [1.54, 1.807) is 13.8 Å². The van der Waals surface area contributed by atoms with Crippen molar-refractivity contribution in [1.82, 2.24) is 0 Å². The van der Waals surface area contributed by atoms with Gasteiger partial charge in [0.15, 0.2) is 5.79 Å². The van der Waals surface area contributed by atoms with E-state index in [2.05, 4.69) is 0 Å². The van der Waals surface area contributed by atoms with Gasteiger partial charge >= 0.3 is 5.97 Å². The smallest absolute Gasteiger partial charge is 0.305 e. The third kappa shape index (κ3) is 4.33. The van der Waals surface area contributed by atoms with E-state index in [-0.39, 0.29) is 24.5 Å². The molecule has 8 nitrogen and oxygen atoms in total. The van der Waals surface area contributed by atoms with Crippen molar-refractivity contribution < 1.29 is 36.4 Å². The molecule has 1 saturated carbocycles. The lowest BCUT2D eigenvalue weighted by Gasteiger charge is -2.28. The number of carbonyl (C=O) groups excluding carboxylic acids is 2. The molecule has 0 amide bonds. The van der Waals surface area contributed by atoms with Gasteiger partial charge in [0.1, 0.15) is 18.0 Å². The van der Waals surface area contributed by atoms with Gasteiger partial charge in [0.05, 0.1) is 25.9 Å². The van der Waals surface area contributed by atoms with Gasteiger partial charge in [-0.1, -0.05) is 0 Å². The first kappa shape index (κ1) is 19.3. The van der Waals surface area contributed by atoms with Gasteiger partial charge in [0.2, 0.25) is 0 Å². The Kier molecular flexibility index (Phi) is 5.39. The minimum Gasteiger partial charge on any atom is -0.469 e. The predicted molar refractivity (Wildman–Crippen MR) is 82.5 cm³/mol. The molecule has 1 aliphatic carbocycles. The maximum atomic E-state index is 11.8. The molecule has 0 bridgehead atoms. The van der Waals surface area contributed by atoms with Crippen LogP contribution in [0.3, 0.4) is 0 Å². The number of methoxy groups -OCH3 is 1. The highest BCUT2D eigenvalue weighted by Gasteiger charge is 2.60. The Balaban J connectivity index is 2.37. The van der Waals surface area contributed by atoms with Crippen LogP contribution in [0.15, 0.2) is 0 Å². The van der Waals surface area contributed by atoms with Gasteiger partial charge in [0.25, 0.3) is 10.1 Å². The third-order valence-electron chi connectivity index (χ3n) is 4.32. The summed E-state index contributed by atoms with van der Waals surface area (Å²) in [5, 5.41) is 0. The fourth-order valence-corrected chi connectivity index (χ4v) is 4.26. The molecule has 0 unspecified atom stereocenters. The van der Waals surface area contributed by atoms with E-state index in [9.17, 15) is 18.0 Å². The Bertz CT molecular complexity index is 611. The van der Waals surface area contributed by atoms with E-state index in [1.807, 2.05) is 0 Å². The molecule has 2 aliphatic rings. The molecule has 0 N–H and O–H groups in total. The summed E-state index contributed by atoms with van der Waals surface area (Å²) in [7, 11) is -2.53. The van der Waals surface area contributed by atoms with Gasteiger partial charge in [-0.25, -0.2) is 0 Å². The van der Waals surface area contributed by atoms with Gasteiger partial charge in [-0.3, -0.25) is 8.98 Å². The Morgan fingerprint density at radius 2 is 1.67 bits per heavy atom. The van der Waals surface area contributed by atoms with Gasteiger partial charge in [0, 0.05) is 18.3 Å². The number of carbonyl (C=O) groups is 2. The molecule has 0 spiro atoms. The van der Waals surface area contributed by atoms with Crippen molar-refractivity contribution in [3.8, 4) is 0 Å². The van der Waals surface area contributed by atoms with Crippen LogP contribution in [-0.2, 0) is 38.1 Å². The van der Waals surface area contributed by atoms with Crippen LogP contribution in [-0.4, -0.2) is 57.6 Å². The fraction of sp³-hybridized carbons (Fsp3) is 0.867. The molecule has 2 rings (SSSR count). The molecular formula is C15H24O8S. The van der Waals surface area contributed by atoms with Crippen LogP contribution in [0.25, 0.3) is 0 Å². The topological polar surface area (TPSA) is 105 Å². The van der Waals surface area contributed by atoms with Gasteiger partial charge < -0.3 is 19.0 Å². The zero-order chi connectivity index (χ0) is 18.3. The molecule has 0 aromatic heterocycles. The zero-order valence-corrected chi connectivity index (χ0v) is 15.3. The van der Waals surface area contributed by atoms with Gasteiger partial charge in [-0.15, -0.1) is 0 Å². The van der Waals surface area contributed by atoms with Crippen LogP contribution in [0.2, 0.25) is 0 Å². The van der Waals surface area contributed by atoms with E-state index in [4.69, 9.17) is 18.4 Å². The summed E-state index contributed by atoms with van der Waals surface area (Å²) < 4.78 is 44.9. The van der Waals surface area contributed by atoms with E-state index in [0.717, 1.165) is 6.26 Å². The minimum atomic E-state index is -3.78. The van der Waals surface area contributed by atoms with Gasteiger partial charge in [-0.05, 0) is 20.8 Å². The molecule has 0 aromatic carbocycles. The normalized spacial score (nSPS) is 34.8. The molecule has 24 heavy (non-hydrogen) atoms. The SMILES string of the molecule is COC(=O)C[C@H]1[C@@H](CC(C)=O)[C@@H]2OC(C)(C)O[C@@H]2[C@@H]1OS(C)(=O)=O. The highest BCUT2D eigenvalue weighted by molar-refractivity contribution is 7.86. The summed E-state index contributed by atoms with van der Waals surface area (Å²) in [6.07, 6.45) is -1.09. The average Bonchev–Trinajstić information content (AvgIpc) is 2.84. The van der Waals surface area contributed by atoms with Crippen LogP contribution in [0, 0.1) is 11.8 Å². The lowest BCUT2D eigenvalue weighted by molar-refractivity contribution is -0.174. The lowest BCUT2D eigenvalue weighted by atomic mass is 9.87. The first-order chi connectivity index (χ1) is 10.9. The van der Waals surface area contributed by atoms with Crippen LogP contribution < -0.4 is 0 Å². The van der Waals surface area contributed by atoms with E-state index in [0.29, 0.717) is 0 Å². The maximum absolute atomic E-state index is 11.8. The molecule has 2 fully saturated rings. The molecule has 5 atom stereocenters. The molecule has 138 valence electrons. The number of Topliss-reactive ketones (excluding diaryl/α,β-unsaturated/α-hetero) is 1. The number of ether oxygens (including phenoxy) is 3. The molecule has 1 saturated heterocycles. The summed E-state index contributed by atoms with van der Waals surface area (Å²) in [6.45, 7) is 4.86. The first-order valence-electron chi connectivity index (χ1n) is 7.73. The summed E-state index contributed by atoms with van der Waals surface area (Å²) in [5.74, 6) is -2.45. The molecular weight excluding hydrogens is 340 g/mol. The summed E-state index contributed by atoms with van der Waals surface area (Å²) in [5.41, 5.74) is 0. The number of fused-ring (bicyclic) bond motifs is 1. The van der Waals surface area contributed by atoms with Crippen LogP contribution in [0.5, 0.6) is 0 Å². The number of rotatable bonds is 6. The fourth-order valence-electron chi connectivity index (χ4n) is 3.60. The second-order valence-corrected chi connectivity index (χ2v) is 8.44. The van der Waals surface area contributed by atoms with Crippen molar-refractivity contribution in [2.24, 2.45) is 11.8 Å². The number of hydrogen-bond donors (Lipinski definition) is 0. The van der Waals surface area contributed by atoms with Crippen molar-refractivity contribution in [2.75, 3.05) is 13.4 Å². The van der Waals surface area contributed by atoms with E-state index in [1.165, 1.54) is 14.0 Å². The highest BCUT2D eigenvalue weighted by atomic mass is 32.2. The first-order valence-corrected chi connectivity index (χ1v) is 9.55. The van der Waals surface area contributed by atoms with Crippen molar-refractivity contribution in [3.05, 3.63) is 0 Å². The van der Waals surface area contributed by atoms with E-state index >= 15 is 0 Å². The number of esters is 1. The largest absolute Gasteiger partial charge is 0.469 e. The van der Waals surface area contributed by atoms with Crippen LogP contribution in [0.1, 0.15) is 33.6 Å². The molecule has 1 aliphatic heterocycles. The molecule has 9 heteroatoms. The molecule has 0 radical (unpaired) electrons. The second kappa shape index (κ2) is 6.70. The van der Waals surface area contributed by atoms with Crippen molar-refractivity contribution in [2.45, 2.75) is 57.7 Å². The Hall–Kier alpha value is -1.03. The van der Waals surface area contributed by atoms with Crippen molar-refractivity contribution in [3.63, 3.8) is 0 Å². The number of hydrogen-bond acceptors (Lipinski definition) is 8.